The molecule has 0 aliphatic heterocycles. The summed E-state index contributed by atoms with van der Waals surface area (Å²) in [5.41, 5.74) is 1.74. The summed E-state index contributed by atoms with van der Waals surface area (Å²) in [4.78, 5) is 12.5. The van der Waals surface area contributed by atoms with Crippen LogP contribution in [0.25, 0.3) is 0 Å². The lowest BCUT2D eigenvalue weighted by Crippen LogP contribution is -2.31. The van der Waals surface area contributed by atoms with Crippen LogP contribution in [-0.2, 0) is 31.5 Å². The third kappa shape index (κ3) is 8.67. The summed E-state index contributed by atoms with van der Waals surface area (Å²) in [7, 11) is 0. The number of phenolic OH excluding ortho intramolecular Hbond substituents is 1. The van der Waals surface area contributed by atoms with E-state index >= 15 is 0 Å². The van der Waals surface area contributed by atoms with E-state index in [1.54, 1.807) is 0 Å². The zero-order valence-electron chi connectivity index (χ0n) is 21.2. The van der Waals surface area contributed by atoms with Crippen LogP contribution in [-0.4, -0.2) is 28.9 Å². The fraction of sp³-hybridized carbons (Fsp3) is 0.731. The third-order valence-corrected chi connectivity index (χ3v) is 5.03. The first-order valence-electron chi connectivity index (χ1n) is 11.0. The molecule has 0 unspecified atom stereocenters. The van der Waals surface area contributed by atoms with Crippen molar-refractivity contribution >= 4 is 5.97 Å². The Hall–Kier alpha value is -1.55. The number of ether oxygens (including phenoxy) is 2. The van der Waals surface area contributed by atoms with Crippen LogP contribution in [0.2, 0.25) is 0 Å². The van der Waals surface area contributed by atoms with Gasteiger partial charge in [-0.05, 0) is 68.6 Å². The fourth-order valence-corrected chi connectivity index (χ4v) is 3.24. The molecule has 0 aliphatic carbocycles. The number of carbonyl (C=O) groups excluding carboxylic acids is 1. The Morgan fingerprint density at radius 2 is 1.33 bits per heavy atom. The van der Waals surface area contributed by atoms with Gasteiger partial charge in [0.25, 0.3) is 0 Å². The van der Waals surface area contributed by atoms with Crippen molar-refractivity contribution in [3.63, 3.8) is 0 Å². The van der Waals surface area contributed by atoms with Gasteiger partial charge in [0.15, 0.2) is 0 Å². The van der Waals surface area contributed by atoms with Gasteiger partial charge < -0.3 is 14.6 Å². The number of esters is 1. The van der Waals surface area contributed by atoms with Crippen LogP contribution < -0.4 is 0 Å². The van der Waals surface area contributed by atoms with E-state index in [2.05, 4.69) is 41.5 Å². The molecule has 0 spiro atoms. The normalized spacial score (nSPS) is 13.4. The number of aromatic hydroxyl groups is 1. The Balaban J connectivity index is 2.87. The molecule has 1 N–H and O–H groups in total. The molecule has 1 aromatic carbocycles. The lowest BCUT2D eigenvalue weighted by molar-refractivity contribution is -0.158. The second-order valence-electron chi connectivity index (χ2n) is 12.0. The van der Waals surface area contributed by atoms with Gasteiger partial charge in [-0.1, -0.05) is 53.7 Å². The number of rotatable bonds is 7. The van der Waals surface area contributed by atoms with Gasteiger partial charge in [0.2, 0.25) is 0 Å². The van der Waals surface area contributed by atoms with Crippen LogP contribution in [0, 0.1) is 0 Å². The second kappa shape index (κ2) is 9.30. The lowest BCUT2D eigenvalue weighted by Gasteiger charge is -2.29. The Labute approximate surface area is 184 Å². The van der Waals surface area contributed by atoms with E-state index in [0.29, 0.717) is 31.6 Å². The summed E-state index contributed by atoms with van der Waals surface area (Å²) in [6.45, 7) is 23.0. The highest BCUT2D eigenvalue weighted by molar-refractivity contribution is 5.70. The van der Waals surface area contributed by atoms with Crippen LogP contribution in [0.3, 0.4) is 0 Å². The monoisotopic (exact) mass is 420 g/mol. The zero-order chi connectivity index (χ0) is 23.5. The number of hydrogen-bond donors (Lipinski definition) is 1. The molecule has 0 aliphatic rings. The molecule has 0 fully saturated rings. The molecule has 0 bridgehead atoms. The predicted molar refractivity (Wildman–Crippen MR) is 124 cm³/mol. The molecular formula is C26H44O4. The molecule has 30 heavy (non-hydrogen) atoms. The molecule has 0 amide bonds. The number of hydrogen-bond acceptors (Lipinski definition) is 4. The lowest BCUT2D eigenvalue weighted by atomic mass is 9.78. The summed E-state index contributed by atoms with van der Waals surface area (Å²) >= 11 is 0. The van der Waals surface area contributed by atoms with Crippen molar-refractivity contribution < 1.29 is 19.4 Å². The van der Waals surface area contributed by atoms with Crippen LogP contribution in [0.5, 0.6) is 5.75 Å². The molecule has 0 atom stereocenters. The average molecular weight is 421 g/mol. The highest BCUT2D eigenvalue weighted by Gasteiger charge is 2.27. The van der Waals surface area contributed by atoms with E-state index in [9.17, 15) is 9.90 Å². The summed E-state index contributed by atoms with van der Waals surface area (Å²) in [5.74, 6) is 0.153. The van der Waals surface area contributed by atoms with Crippen molar-refractivity contribution in [2.45, 2.75) is 117 Å². The fourth-order valence-electron chi connectivity index (χ4n) is 3.24. The smallest absolute Gasteiger partial charge is 0.306 e. The molecule has 1 rings (SSSR count). The SMILES string of the molecule is CC(C)(C)OCCC(C)(C)OC(=O)CCc1cc(C(C)(C)C)c(O)c(C(C)(C)C)c1. The summed E-state index contributed by atoms with van der Waals surface area (Å²) in [5, 5.41) is 10.9. The van der Waals surface area contributed by atoms with Gasteiger partial charge in [0.1, 0.15) is 11.4 Å². The van der Waals surface area contributed by atoms with Gasteiger partial charge in [-0.2, -0.15) is 0 Å². The first-order chi connectivity index (χ1) is 13.3. The number of benzene rings is 1. The van der Waals surface area contributed by atoms with Crippen LogP contribution >= 0.6 is 0 Å². The molecule has 1 aromatic rings. The van der Waals surface area contributed by atoms with Gasteiger partial charge >= 0.3 is 5.97 Å². The largest absolute Gasteiger partial charge is 0.507 e. The standard InChI is InChI=1S/C26H44O4/c1-23(2,3)19-16-18(17-20(22(19)28)24(4,5)6)12-13-21(27)30-26(10,11)14-15-29-25(7,8)9/h16-17,28H,12-15H2,1-11H3. The zero-order valence-corrected chi connectivity index (χ0v) is 21.2. The first-order valence-corrected chi connectivity index (χ1v) is 11.0. The molecule has 0 heterocycles. The molecule has 0 saturated heterocycles. The van der Waals surface area contributed by atoms with Gasteiger partial charge in [0, 0.05) is 12.8 Å². The van der Waals surface area contributed by atoms with Crippen LogP contribution in [0.1, 0.15) is 106 Å². The van der Waals surface area contributed by atoms with Gasteiger partial charge in [0.05, 0.1) is 12.2 Å². The molecular weight excluding hydrogens is 376 g/mol. The van der Waals surface area contributed by atoms with Gasteiger partial charge in [-0.15, -0.1) is 0 Å². The maximum absolute atomic E-state index is 12.5. The van der Waals surface area contributed by atoms with Gasteiger partial charge in [-0.25, -0.2) is 0 Å². The highest BCUT2D eigenvalue weighted by atomic mass is 16.6. The minimum Gasteiger partial charge on any atom is -0.507 e. The van der Waals surface area contributed by atoms with E-state index < -0.39 is 5.60 Å². The summed E-state index contributed by atoms with van der Waals surface area (Å²) in [6, 6.07) is 4.06. The quantitative estimate of drug-likeness (QED) is 0.515. The Morgan fingerprint density at radius 1 is 0.867 bits per heavy atom. The first kappa shape index (κ1) is 26.5. The molecule has 0 aromatic heterocycles. The number of phenols is 1. The number of carbonyl (C=O) groups is 1. The van der Waals surface area contributed by atoms with E-state index in [1.165, 1.54) is 0 Å². The third-order valence-electron chi connectivity index (χ3n) is 5.03. The van der Waals surface area contributed by atoms with Crippen LogP contribution in [0.15, 0.2) is 12.1 Å². The molecule has 0 saturated carbocycles. The molecule has 4 heteroatoms. The summed E-state index contributed by atoms with van der Waals surface area (Å²) < 4.78 is 11.5. The Kier molecular flexibility index (Phi) is 8.21. The van der Waals surface area contributed by atoms with Crippen molar-refractivity contribution in [2.75, 3.05) is 6.61 Å². The minimum absolute atomic E-state index is 0.185. The van der Waals surface area contributed by atoms with Gasteiger partial charge in [-0.3, -0.25) is 4.79 Å². The van der Waals surface area contributed by atoms with Crippen molar-refractivity contribution in [1.82, 2.24) is 0 Å². The van der Waals surface area contributed by atoms with Crippen molar-refractivity contribution in [1.29, 1.82) is 0 Å². The van der Waals surface area contributed by atoms with Crippen molar-refractivity contribution in [3.8, 4) is 5.75 Å². The topological polar surface area (TPSA) is 55.8 Å². The molecule has 172 valence electrons. The Morgan fingerprint density at radius 3 is 1.73 bits per heavy atom. The minimum atomic E-state index is -0.565. The Bertz CT molecular complexity index is 690. The molecule has 0 radical (unpaired) electrons. The maximum atomic E-state index is 12.5. The van der Waals surface area contributed by atoms with E-state index in [0.717, 1.165) is 16.7 Å². The molecule has 4 nitrogen and oxygen atoms in total. The van der Waals surface area contributed by atoms with Crippen molar-refractivity contribution in [3.05, 3.63) is 28.8 Å². The average Bonchev–Trinajstić information content (AvgIpc) is 2.49. The van der Waals surface area contributed by atoms with Crippen molar-refractivity contribution in [2.24, 2.45) is 0 Å². The van der Waals surface area contributed by atoms with E-state index in [-0.39, 0.29) is 22.4 Å². The maximum Gasteiger partial charge on any atom is 0.306 e. The van der Waals surface area contributed by atoms with E-state index in [4.69, 9.17) is 9.47 Å². The summed E-state index contributed by atoms with van der Waals surface area (Å²) in [6.07, 6.45) is 1.54. The predicted octanol–water partition coefficient (Wildman–Crippen LogP) is 6.45. The van der Waals surface area contributed by atoms with E-state index in [1.807, 2.05) is 46.8 Å². The highest BCUT2D eigenvalue weighted by Crippen LogP contribution is 2.40. The second-order valence-corrected chi connectivity index (χ2v) is 12.0. The van der Waals surface area contributed by atoms with Crippen LogP contribution in [0.4, 0.5) is 0 Å². The number of aryl methyl sites for hydroxylation is 1.